The summed E-state index contributed by atoms with van der Waals surface area (Å²) >= 11 is 1.88. The molecule has 0 unspecified atom stereocenters. The number of nitrogens with zero attached hydrogens (tertiary/aromatic N) is 2. The SMILES string of the molecule is O=c1n(Cc2ccccc2)c2c(n1Cc1ccccc1)-c1ccccc1SCC2. The zero-order valence-electron chi connectivity index (χ0n) is 16.1. The number of benzene rings is 3. The third-order valence-electron chi connectivity index (χ3n) is 5.44. The van der Waals surface area contributed by atoms with Crippen LogP contribution in [0.25, 0.3) is 11.3 Å². The van der Waals surface area contributed by atoms with Gasteiger partial charge in [-0.1, -0.05) is 78.9 Å². The Morgan fingerprint density at radius 2 is 1.31 bits per heavy atom. The lowest BCUT2D eigenvalue weighted by atomic mass is 10.1. The molecule has 0 radical (unpaired) electrons. The highest BCUT2D eigenvalue weighted by Gasteiger charge is 2.25. The number of rotatable bonds is 4. The highest BCUT2D eigenvalue weighted by Crippen LogP contribution is 2.37. The van der Waals surface area contributed by atoms with E-state index in [1.807, 2.05) is 57.3 Å². The van der Waals surface area contributed by atoms with Crippen LogP contribution < -0.4 is 5.69 Å². The minimum atomic E-state index is 0.0735. The van der Waals surface area contributed by atoms with Gasteiger partial charge in [0.25, 0.3) is 0 Å². The van der Waals surface area contributed by atoms with Gasteiger partial charge in [-0.2, -0.15) is 0 Å². The van der Waals surface area contributed by atoms with Crippen molar-refractivity contribution in [2.24, 2.45) is 0 Å². The fourth-order valence-electron chi connectivity index (χ4n) is 4.08. The Morgan fingerprint density at radius 3 is 2.00 bits per heavy atom. The summed E-state index contributed by atoms with van der Waals surface area (Å²) in [5, 5.41) is 0. The molecule has 4 aromatic rings. The van der Waals surface area contributed by atoms with Gasteiger partial charge in [-0.3, -0.25) is 9.13 Å². The van der Waals surface area contributed by atoms with Crippen LogP contribution in [0.15, 0.2) is 94.6 Å². The molecule has 0 atom stereocenters. The molecule has 3 aromatic carbocycles. The van der Waals surface area contributed by atoms with Crippen molar-refractivity contribution in [3.63, 3.8) is 0 Å². The fourth-order valence-corrected chi connectivity index (χ4v) is 5.09. The molecule has 2 heterocycles. The van der Waals surface area contributed by atoms with Gasteiger partial charge in [0.1, 0.15) is 0 Å². The molecule has 3 nitrogen and oxygen atoms in total. The van der Waals surface area contributed by atoms with Gasteiger partial charge >= 0.3 is 5.69 Å². The van der Waals surface area contributed by atoms with Gasteiger partial charge in [0, 0.05) is 21.9 Å². The maximum Gasteiger partial charge on any atom is 0.329 e. The van der Waals surface area contributed by atoms with E-state index in [9.17, 15) is 4.79 Å². The first-order valence-corrected chi connectivity index (χ1v) is 10.9. The normalized spacial score (nSPS) is 12.8. The predicted molar refractivity (Wildman–Crippen MR) is 120 cm³/mol. The minimum Gasteiger partial charge on any atom is -0.291 e. The summed E-state index contributed by atoms with van der Waals surface area (Å²) in [6.45, 7) is 1.19. The number of thioether (sulfide) groups is 1. The van der Waals surface area contributed by atoms with Crippen LogP contribution in [0, 0.1) is 0 Å². The van der Waals surface area contributed by atoms with E-state index in [4.69, 9.17) is 0 Å². The smallest absolute Gasteiger partial charge is 0.291 e. The van der Waals surface area contributed by atoms with Gasteiger partial charge in [-0.05, 0) is 23.6 Å². The van der Waals surface area contributed by atoms with Crippen LogP contribution in [0.1, 0.15) is 16.8 Å². The summed E-state index contributed by atoms with van der Waals surface area (Å²) in [5.74, 6) is 0.980. The number of fused-ring (bicyclic) bond motifs is 3. The topological polar surface area (TPSA) is 26.9 Å². The van der Waals surface area contributed by atoms with Crippen LogP contribution in [-0.2, 0) is 19.5 Å². The molecule has 1 aliphatic rings. The molecule has 4 heteroatoms. The number of aromatic nitrogens is 2. The maximum atomic E-state index is 13.6. The van der Waals surface area contributed by atoms with Gasteiger partial charge in [-0.15, -0.1) is 11.8 Å². The van der Waals surface area contributed by atoms with E-state index in [-0.39, 0.29) is 5.69 Å². The van der Waals surface area contributed by atoms with Crippen LogP contribution in [0.5, 0.6) is 0 Å². The standard InChI is InChI=1S/C25H22N2OS/c28-25-26(17-19-9-3-1-4-10-19)22-15-16-29-23-14-8-7-13-21(23)24(22)27(25)18-20-11-5-2-6-12-20/h1-14H,15-18H2. The largest absolute Gasteiger partial charge is 0.329 e. The Hall–Kier alpha value is -2.98. The van der Waals surface area contributed by atoms with E-state index >= 15 is 0 Å². The summed E-state index contributed by atoms with van der Waals surface area (Å²) in [6, 6.07) is 29.0. The second kappa shape index (κ2) is 7.80. The Labute approximate surface area is 174 Å². The van der Waals surface area contributed by atoms with E-state index in [2.05, 4.69) is 48.5 Å². The average molecular weight is 399 g/mol. The van der Waals surface area contributed by atoms with Crippen molar-refractivity contribution in [3.05, 3.63) is 112 Å². The molecule has 0 bridgehead atoms. The first-order valence-electron chi connectivity index (χ1n) is 9.93. The maximum absolute atomic E-state index is 13.6. The first kappa shape index (κ1) is 18.1. The van der Waals surface area contributed by atoms with Crippen molar-refractivity contribution in [2.45, 2.75) is 24.4 Å². The third kappa shape index (κ3) is 3.45. The quantitative estimate of drug-likeness (QED) is 0.480. The molecule has 0 saturated carbocycles. The van der Waals surface area contributed by atoms with E-state index in [0.29, 0.717) is 13.1 Å². The van der Waals surface area contributed by atoms with Crippen LogP contribution in [0.4, 0.5) is 0 Å². The molecular formula is C25H22N2OS. The molecule has 144 valence electrons. The Kier molecular flexibility index (Phi) is 4.86. The molecule has 1 aliphatic heterocycles. The van der Waals surface area contributed by atoms with Crippen molar-refractivity contribution in [3.8, 4) is 11.3 Å². The van der Waals surface area contributed by atoms with Gasteiger partial charge in [0.2, 0.25) is 0 Å². The summed E-state index contributed by atoms with van der Waals surface area (Å²) < 4.78 is 3.95. The molecule has 0 aliphatic carbocycles. The molecular weight excluding hydrogens is 376 g/mol. The Balaban J connectivity index is 1.71. The molecule has 0 amide bonds. The van der Waals surface area contributed by atoms with E-state index in [1.54, 1.807) is 0 Å². The van der Waals surface area contributed by atoms with Crippen LogP contribution in [0.3, 0.4) is 0 Å². The van der Waals surface area contributed by atoms with Gasteiger partial charge in [-0.25, -0.2) is 4.79 Å². The van der Waals surface area contributed by atoms with Crippen molar-refractivity contribution < 1.29 is 0 Å². The summed E-state index contributed by atoms with van der Waals surface area (Å²) in [7, 11) is 0. The van der Waals surface area contributed by atoms with Crippen LogP contribution >= 0.6 is 11.8 Å². The van der Waals surface area contributed by atoms with E-state index in [0.717, 1.165) is 34.7 Å². The van der Waals surface area contributed by atoms with Crippen molar-refractivity contribution in [1.82, 2.24) is 9.13 Å². The average Bonchev–Trinajstić information content (AvgIpc) is 2.91. The second-order valence-electron chi connectivity index (χ2n) is 7.32. The predicted octanol–water partition coefficient (Wildman–Crippen LogP) is 5.06. The highest BCUT2D eigenvalue weighted by atomic mass is 32.2. The second-order valence-corrected chi connectivity index (χ2v) is 8.45. The Morgan fingerprint density at radius 1 is 0.724 bits per heavy atom. The van der Waals surface area contributed by atoms with Crippen LogP contribution in [0.2, 0.25) is 0 Å². The van der Waals surface area contributed by atoms with Gasteiger partial charge in [0.15, 0.2) is 0 Å². The monoisotopic (exact) mass is 398 g/mol. The molecule has 0 fully saturated rings. The Bertz CT molecular complexity index is 1190. The van der Waals surface area contributed by atoms with E-state index in [1.165, 1.54) is 10.5 Å². The number of hydrogen-bond acceptors (Lipinski definition) is 2. The van der Waals surface area contributed by atoms with Crippen molar-refractivity contribution in [1.29, 1.82) is 0 Å². The van der Waals surface area contributed by atoms with Gasteiger partial charge in [0.05, 0.1) is 18.8 Å². The van der Waals surface area contributed by atoms with Crippen molar-refractivity contribution in [2.75, 3.05) is 5.75 Å². The van der Waals surface area contributed by atoms with Gasteiger partial charge < -0.3 is 0 Å². The molecule has 29 heavy (non-hydrogen) atoms. The van der Waals surface area contributed by atoms with E-state index < -0.39 is 0 Å². The molecule has 1 aromatic heterocycles. The fraction of sp³-hybridized carbons (Fsp3) is 0.160. The number of hydrogen-bond donors (Lipinski definition) is 0. The lowest BCUT2D eigenvalue weighted by Crippen LogP contribution is -2.26. The molecule has 5 rings (SSSR count). The molecule has 0 spiro atoms. The highest BCUT2D eigenvalue weighted by molar-refractivity contribution is 7.99. The molecule has 0 saturated heterocycles. The first-order chi connectivity index (χ1) is 14.3. The van der Waals surface area contributed by atoms with Crippen molar-refractivity contribution >= 4 is 11.8 Å². The minimum absolute atomic E-state index is 0.0735. The van der Waals surface area contributed by atoms with Crippen LogP contribution in [-0.4, -0.2) is 14.9 Å². The lowest BCUT2D eigenvalue weighted by molar-refractivity contribution is 0.671. The summed E-state index contributed by atoms with van der Waals surface area (Å²) in [5.41, 5.74) is 5.76. The molecule has 0 N–H and O–H groups in total. The zero-order valence-corrected chi connectivity index (χ0v) is 16.9. The number of imidazole rings is 1. The third-order valence-corrected chi connectivity index (χ3v) is 6.51. The summed E-state index contributed by atoms with van der Waals surface area (Å²) in [6.07, 6.45) is 0.887. The zero-order chi connectivity index (χ0) is 19.6. The summed E-state index contributed by atoms with van der Waals surface area (Å²) in [4.78, 5) is 14.9. The lowest BCUT2D eigenvalue weighted by Gasteiger charge is -2.11.